The first-order chi connectivity index (χ1) is 13.8. The van der Waals surface area contributed by atoms with Gasteiger partial charge in [0, 0.05) is 12.5 Å². The Hall–Kier alpha value is -1.70. The molecule has 10 heteroatoms. The van der Waals surface area contributed by atoms with Crippen LogP contribution in [0, 0.1) is 0 Å². The molecule has 1 aromatic rings. The molecule has 0 spiro atoms. The number of rotatable bonds is 9. The smallest absolute Gasteiger partial charge is 0.407 e. The van der Waals surface area contributed by atoms with Crippen LogP contribution in [-0.4, -0.2) is 40.1 Å². The highest BCUT2D eigenvalue weighted by Gasteiger charge is 2.26. The van der Waals surface area contributed by atoms with Gasteiger partial charge in [0.05, 0.1) is 6.42 Å². The van der Waals surface area contributed by atoms with Gasteiger partial charge in [0.15, 0.2) is 0 Å². The summed E-state index contributed by atoms with van der Waals surface area (Å²) in [6.45, 7) is 4.82. The monoisotopic (exact) mass is 481 g/mol. The van der Waals surface area contributed by atoms with Crippen molar-refractivity contribution in [2.45, 2.75) is 62.1 Å². The predicted molar refractivity (Wildman–Crippen MR) is 114 cm³/mol. The maximum atomic E-state index is 12.1. The van der Waals surface area contributed by atoms with Gasteiger partial charge in [-0.2, -0.15) is 0 Å². The van der Waals surface area contributed by atoms with Gasteiger partial charge >= 0.3 is 18.0 Å². The molecule has 0 saturated carbocycles. The highest BCUT2D eigenvalue weighted by Crippen LogP contribution is 2.26. The van der Waals surface area contributed by atoms with Crippen LogP contribution in [-0.2, 0) is 30.4 Å². The number of alkyl halides is 3. The molecule has 0 radical (unpaired) electrons. The summed E-state index contributed by atoms with van der Waals surface area (Å²) in [4.78, 5) is 36.1. The van der Waals surface area contributed by atoms with Crippen LogP contribution in [0.2, 0.25) is 0 Å². The Labute approximate surface area is 191 Å². The van der Waals surface area contributed by atoms with E-state index in [1.807, 2.05) is 30.3 Å². The molecule has 168 valence electrons. The quantitative estimate of drug-likeness (QED) is 0.311. The van der Waals surface area contributed by atoms with Gasteiger partial charge < -0.3 is 19.5 Å². The lowest BCUT2D eigenvalue weighted by atomic mass is 10.1. The topological polar surface area (TPSA) is 90.9 Å². The van der Waals surface area contributed by atoms with E-state index in [-0.39, 0.29) is 25.9 Å². The Kier molecular flexibility index (Phi) is 10.7. The number of nitrogens with one attached hydrogen (secondary N) is 1. The summed E-state index contributed by atoms with van der Waals surface area (Å²) in [5, 5.41) is 2.56. The third-order valence-electron chi connectivity index (χ3n) is 3.47. The number of hydrogen-bond acceptors (Lipinski definition) is 6. The standard InChI is InChI=1S/C20H26Cl3NO6/c1-19(2,3)30-18(27)24-15(11-17(26)29-13-20(21,22)23)9-10-16(25)28-12-14-7-5-4-6-8-14/h4-8,15H,9-13H2,1-3H3,(H,24,27)/t15-/m0/s1. The molecule has 1 amide bonds. The van der Waals surface area contributed by atoms with Crippen LogP contribution < -0.4 is 5.32 Å². The highest BCUT2D eigenvalue weighted by atomic mass is 35.6. The number of carbonyl (C=O) groups is 3. The molecule has 0 bridgehead atoms. The van der Waals surface area contributed by atoms with Crippen LogP contribution >= 0.6 is 34.8 Å². The zero-order valence-electron chi connectivity index (χ0n) is 17.1. The third-order valence-corrected chi connectivity index (χ3v) is 3.80. The molecule has 0 saturated heterocycles. The van der Waals surface area contributed by atoms with Gasteiger partial charge in [-0.1, -0.05) is 65.1 Å². The summed E-state index contributed by atoms with van der Waals surface area (Å²) >= 11 is 16.7. The number of hydrogen-bond donors (Lipinski definition) is 1. The number of amides is 1. The van der Waals surface area contributed by atoms with Crippen molar-refractivity contribution in [1.82, 2.24) is 5.32 Å². The molecule has 0 unspecified atom stereocenters. The Bertz CT molecular complexity index is 701. The zero-order chi connectivity index (χ0) is 22.8. The number of alkyl carbamates (subject to hydrolysis) is 1. The van der Waals surface area contributed by atoms with Crippen LogP contribution in [0.3, 0.4) is 0 Å². The van der Waals surface area contributed by atoms with Crippen LogP contribution in [0.15, 0.2) is 30.3 Å². The Morgan fingerprint density at radius 2 is 1.63 bits per heavy atom. The minimum absolute atomic E-state index is 0.0228. The third kappa shape index (κ3) is 13.5. The van der Waals surface area contributed by atoms with E-state index in [4.69, 9.17) is 49.0 Å². The Morgan fingerprint density at radius 1 is 1.00 bits per heavy atom. The van der Waals surface area contributed by atoms with Crippen molar-refractivity contribution in [2.24, 2.45) is 0 Å². The number of benzene rings is 1. The molecule has 0 fully saturated rings. The lowest BCUT2D eigenvalue weighted by Crippen LogP contribution is -2.41. The van der Waals surface area contributed by atoms with Gasteiger partial charge in [-0.05, 0) is 32.8 Å². The molecule has 7 nitrogen and oxygen atoms in total. The van der Waals surface area contributed by atoms with E-state index >= 15 is 0 Å². The fraction of sp³-hybridized carbons (Fsp3) is 0.550. The molecular formula is C20H26Cl3NO6. The number of carbonyl (C=O) groups excluding carboxylic acids is 3. The minimum atomic E-state index is -1.75. The average Bonchev–Trinajstić information content (AvgIpc) is 2.61. The summed E-state index contributed by atoms with van der Waals surface area (Å²) in [6, 6.07) is 8.48. The van der Waals surface area contributed by atoms with Crippen molar-refractivity contribution in [1.29, 1.82) is 0 Å². The molecular weight excluding hydrogens is 457 g/mol. The second kappa shape index (κ2) is 12.2. The van der Waals surface area contributed by atoms with Crippen molar-refractivity contribution >= 4 is 52.8 Å². The van der Waals surface area contributed by atoms with E-state index in [0.717, 1.165) is 5.56 Å². The first-order valence-corrected chi connectivity index (χ1v) is 10.4. The Balaban J connectivity index is 2.59. The van der Waals surface area contributed by atoms with Gasteiger partial charge in [0.1, 0.15) is 18.8 Å². The van der Waals surface area contributed by atoms with Gasteiger partial charge in [-0.25, -0.2) is 4.79 Å². The first-order valence-electron chi connectivity index (χ1n) is 9.25. The number of esters is 2. The van der Waals surface area contributed by atoms with Gasteiger partial charge in [0.2, 0.25) is 3.79 Å². The highest BCUT2D eigenvalue weighted by molar-refractivity contribution is 6.67. The summed E-state index contributed by atoms with van der Waals surface area (Å²) in [5.74, 6) is -1.16. The van der Waals surface area contributed by atoms with E-state index in [9.17, 15) is 14.4 Å². The molecule has 0 heterocycles. The molecule has 0 aromatic heterocycles. The van der Waals surface area contributed by atoms with Crippen LogP contribution in [0.4, 0.5) is 4.79 Å². The zero-order valence-corrected chi connectivity index (χ0v) is 19.4. The normalized spacial score (nSPS) is 12.6. The summed E-state index contributed by atoms with van der Waals surface area (Å²) < 4.78 is 13.5. The molecule has 0 aliphatic heterocycles. The molecule has 0 aliphatic rings. The summed E-state index contributed by atoms with van der Waals surface area (Å²) in [6.07, 6.45) is -0.841. The van der Waals surface area contributed by atoms with E-state index < -0.39 is 40.1 Å². The molecule has 1 atom stereocenters. The second-order valence-corrected chi connectivity index (χ2v) is 10.0. The Morgan fingerprint density at radius 3 is 2.20 bits per heavy atom. The fourth-order valence-corrected chi connectivity index (χ4v) is 2.39. The van der Waals surface area contributed by atoms with Crippen molar-refractivity contribution < 1.29 is 28.6 Å². The van der Waals surface area contributed by atoms with E-state index in [2.05, 4.69) is 5.32 Å². The minimum Gasteiger partial charge on any atom is -0.461 e. The molecule has 0 aliphatic carbocycles. The van der Waals surface area contributed by atoms with Gasteiger partial charge in [-0.3, -0.25) is 9.59 Å². The number of ether oxygens (including phenoxy) is 3. The maximum Gasteiger partial charge on any atom is 0.407 e. The molecule has 30 heavy (non-hydrogen) atoms. The fourth-order valence-electron chi connectivity index (χ4n) is 2.22. The average molecular weight is 483 g/mol. The number of halogens is 3. The van der Waals surface area contributed by atoms with Gasteiger partial charge in [0.25, 0.3) is 0 Å². The van der Waals surface area contributed by atoms with Crippen LogP contribution in [0.1, 0.15) is 45.6 Å². The van der Waals surface area contributed by atoms with Crippen LogP contribution in [0.25, 0.3) is 0 Å². The lowest BCUT2D eigenvalue weighted by molar-refractivity contribution is -0.147. The SMILES string of the molecule is CC(C)(C)OC(=O)N[C@@H](CCC(=O)OCc1ccccc1)CC(=O)OCC(Cl)(Cl)Cl. The second-order valence-electron chi connectivity index (χ2n) is 7.51. The van der Waals surface area contributed by atoms with E-state index in [1.165, 1.54) is 0 Å². The van der Waals surface area contributed by atoms with E-state index in [1.54, 1.807) is 20.8 Å². The van der Waals surface area contributed by atoms with Crippen molar-refractivity contribution in [3.63, 3.8) is 0 Å². The van der Waals surface area contributed by atoms with Gasteiger partial charge in [-0.15, -0.1) is 0 Å². The summed E-state index contributed by atoms with van der Waals surface area (Å²) in [7, 11) is 0. The maximum absolute atomic E-state index is 12.1. The molecule has 1 aromatic carbocycles. The lowest BCUT2D eigenvalue weighted by Gasteiger charge is -2.23. The first kappa shape index (κ1) is 26.3. The largest absolute Gasteiger partial charge is 0.461 e. The molecule has 1 rings (SSSR count). The van der Waals surface area contributed by atoms with Crippen molar-refractivity contribution in [2.75, 3.05) is 6.61 Å². The van der Waals surface area contributed by atoms with Crippen molar-refractivity contribution in [3.05, 3.63) is 35.9 Å². The van der Waals surface area contributed by atoms with E-state index in [0.29, 0.717) is 0 Å². The van der Waals surface area contributed by atoms with Crippen molar-refractivity contribution in [3.8, 4) is 0 Å². The summed E-state index contributed by atoms with van der Waals surface area (Å²) in [5.41, 5.74) is 0.128. The predicted octanol–water partition coefficient (Wildman–Crippen LogP) is 4.71. The molecule has 1 N–H and O–H groups in total. The van der Waals surface area contributed by atoms with Crippen LogP contribution in [0.5, 0.6) is 0 Å².